The van der Waals surface area contributed by atoms with Gasteiger partial charge in [-0.1, -0.05) is 94.8 Å². The first-order valence-corrected chi connectivity index (χ1v) is 11.3. The molecular formula is C29H21BrN2. The molecule has 3 heteroatoms. The number of halogens is 1. The standard InChI is InChI=1S/C29H21BrN2/c30-25-16-18-26(19-17-25)31-21-24-20-28(22-10-4-1-5-11-22)32(27-14-8-3-9-15-27)29(24)23-12-6-2-7-13-23/h1-21H. The second-order valence-electron chi connectivity index (χ2n) is 7.47. The van der Waals surface area contributed by atoms with E-state index in [1.807, 2.05) is 48.7 Å². The molecule has 5 aromatic rings. The summed E-state index contributed by atoms with van der Waals surface area (Å²) in [5.74, 6) is 0. The van der Waals surface area contributed by atoms with Gasteiger partial charge in [-0.15, -0.1) is 0 Å². The van der Waals surface area contributed by atoms with E-state index in [0.717, 1.165) is 43.9 Å². The molecule has 2 nitrogen and oxygen atoms in total. The van der Waals surface area contributed by atoms with Crippen molar-refractivity contribution in [2.45, 2.75) is 0 Å². The second kappa shape index (κ2) is 9.21. The number of hydrogen-bond donors (Lipinski definition) is 0. The molecule has 0 N–H and O–H groups in total. The largest absolute Gasteiger partial charge is 0.309 e. The molecular weight excluding hydrogens is 456 g/mol. The topological polar surface area (TPSA) is 17.3 Å². The van der Waals surface area contributed by atoms with Gasteiger partial charge in [-0.3, -0.25) is 4.99 Å². The zero-order valence-electron chi connectivity index (χ0n) is 17.4. The fourth-order valence-electron chi connectivity index (χ4n) is 3.86. The predicted octanol–water partition coefficient (Wildman–Crippen LogP) is 8.32. The van der Waals surface area contributed by atoms with Crippen molar-refractivity contribution < 1.29 is 0 Å². The molecule has 0 saturated carbocycles. The molecule has 1 heterocycles. The lowest BCUT2D eigenvalue weighted by Crippen LogP contribution is -2.00. The first-order valence-electron chi connectivity index (χ1n) is 10.5. The maximum Gasteiger partial charge on any atom is 0.0630 e. The third kappa shape index (κ3) is 4.20. The Bertz CT molecular complexity index is 1340. The molecule has 0 saturated heterocycles. The minimum atomic E-state index is 0.918. The average Bonchev–Trinajstić information content (AvgIpc) is 3.25. The summed E-state index contributed by atoms with van der Waals surface area (Å²) >= 11 is 3.49. The van der Waals surface area contributed by atoms with Crippen LogP contribution in [0.3, 0.4) is 0 Å². The number of aliphatic imine (C=N–C) groups is 1. The van der Waals surface area contributed by atoms with Crippen LogP contribution in [0.15, 0.2) is 131 Å². The number of rotatable bonds is 5. The Morgan fingerprint density at radius 3 is 1.81 bits per heavy atom. The third-order valence-electron chi connectivity index (χ3n) is 5.34. The number of aromatic nitrogens is 1. The highest BCUT2D eigenvalue weighted by molar-refractivity contribution is 9.10. The van der Waals surface area contributed by atoms with Gasteiger partial charge in [0.1, 0.15) is 0 Å². The highest BCUT2D eigenvalue weighted by Gasteiger charge is 2.18. The number of para-hydroxylation sites is 1. The fraction of sp³-hybridized carbons (Fsp3) is 0. The highest BCUT2D eigenvalue weighted by atomic mass is 79.9. The maximum atomic E-state index is 4.79. The van der Waals surface area contributed by atoms with E-state index in [-0.39, 0.29) is 0 Å². The van der Waals surface area contributed by atoms with Gasteiger partial charge in [0.2, 0.25) is 0 Å². The summed E-state index contributed by atoms with van der Waals surface area (Å²) in [7, 11) is 0. The van der Waals surface area contributed by atoms with Crippen molar-refractivity contribution in [3.05, 3.63) is 131 Å². The summed E-state index contributed by atoms with van der Waals surface area (Å²) in [5, 5.41) is 0. The van der Waals surface area contributed by atoms with Gasteiger partial charge < -0.3 is 4.57 Å². The normalized spacial score (nSPS) is 11.2. The van der Waals surface area contributed by atoms with Gasteiger partial charge in [0, 0.05) is 21.9 Å². The lowest BCUT2D eigenvalue weighted by Gasteiger charge is -2.15. The van der Waals surface area contributed by atoms with Crippen LogP contribution >= 0.6 is 15.9 Å². The summed E-state index contributed by atoms with van der Waals surface area (Å²) in [4.78, 5) is 4.79. The summed E-state index contributed by atoms with van der Waals surface area (Å²) < 4.78 is 3.37. The number of benzene rings is 4. The van der Waals surface area contributed by atoms with Gasteiger partial charge >= 0.3 is 0 Å². The zero-order chi connectivity index (χ0) is 21.8. The van der Waals surface area contributed by atoms with Crippen molar-refractivity contribution in [2.24, 2.45) is 4.99 Å². The molecule has 0 amide bonds. The van der Waals surface area contributed by atoms with Crippen LogP contribution in [0.1, 0.15) is 5.56 Å². The van der Waals surface area contributed by atoms with Gasteiger partial charge in [0.25, 0.3) is 0 Å². The van der Waals surface area contributed by atoms with E-state index >= 15 is 0 Å². The smallest absolute Gasteiger partial charge is 0.0630 e. The molecule has 0 spiro atoms. The monoisotopic (exact) mass is 476 g/mol. The zero-order valence-corrected chi connectivity index (χ0v) is 19.0. The van der Waals surface area contributed by atoms with Crippen LogP contribution < -0.4 is 0 Å². The van der Waals surface area contributed by atoms with Gasteiger partial charge in [0.15, 0.2) is 0 Å². The molecule has 0 unspecified atom stereocenters. The molecule has 0 radical (unpaired) electrons. The van der Waals surface area contributed by atoms with Crippen LogP contribution in [0.2, 0.25) is 0 Å². The molecule has 0 aliphatic carbocycles. The Hall–Kier alpha value is -3.69. The first-order chi connectivity index (χ1) is 15.8. The van der Waals surface area contributed by atoms with Crippen molar-refractivity contribution in [1.29, 1.82) is 0 Å². The Kier molecular flexibility index (Phi) is 5.82. The van der Waals surface area contributed by atoms with E-state index < -0.39 is 0 Å². The predicted molar refractivity (Wildman–Crippen MR) is 138 cm³/mol. The van der Waals surface area contributed by atoms with Crippen molar-refractivity contribution in [3.63, 3.8) is 0 Å². The molecule has 0 fully saturated rings. The Balaban J connectivity index is 1.76. The average molecular weight is 477 g/mol. The molecule has 5 rings (SSSR count). The molecule has 154 valence electrons. The first kappa shape index (κ1) is 20.2. The minimum absolute atomic E-state index is 0.918. The van der Waals surface area contributed by atoms with Gasteiger partial charge in [-0.25, -0.2) is 0 Å². The lowest BCUT2D eigenvalue weighted by atomic mass is 10.1. The number of hydrogen-bond acceptors (Lipinski definition) is 1. The second-order valence-corrected chi connectivity index (χ2v) is 8.39. The SMILES string of the molecule is Brc1ccc(N=Cc2cc(-c3ccccc3)n(-c3ccccc3)c2-c2ccccc2)cc1. The highest BCUT2D eigenvalue weighted by Crippen LogP contribution is 2.35. The van der Waals surface area contributed by atoms with Crippen molar-refractivity contribution in [2.75, 3.05) is 0 Å². The van der Waals surface area contributed by atoms with E-state index in [2.05, 4.69) is 99.4 Å². The summed E-state index contributed by atoms with van der Waals surface area (Å²) in [5.41, 5.74) is 7.67. The van der Waals surface area contributed by atoms with Crippen LogP contribution in [0, 0.1) is 0 Å². The minimum Gasteiger partial charge on any atom is -0.309 e. The van der Waals surface area contributed by atoms with Crippen LogP contribution in [-0.4, -0.2) is 10.8 Å². The van der Waals surface area contributed by atoms with E-state index in [4.69, 9.17) is 4.99 Å². The molecule has 0 aliphatic rings. The molecule has 32 heavy (non-hydrogen) atoms. The van der Waals surface area contributed by atoms with Gasteiger partial charge in [0.05, 0.1) is 17.1 Å². The van der Waals surface area contributed by atoms with E-state index in [0.29, 0.717) is 0 Å². The molecule has 1 aromatic heterocycles. The summed E-state index contributed by atoms with van der Waals surface area (Å²) in [6, 6.07) is 41.8. The van der Waals surface area contributed by atoms with Crippen LogP contribution in [-0.2, 0) is 0 Å². The van der Waals surface area contributed by atoms with Crippen molar-refractivity contribution in [1.82, 2.24) is 4.57 Å². The number of nitrogens with zero attached hydrogens (tertiary/aromatic N) is 2. The lowest BCUT2D eigenvalue weighted by molar-refractivity contribution is 1.09. The van der Waals surface area contributed by atoms with Crippen LogP contribution in [0.25, 0.3) is 28.2 Å². The van der Waals surface area contributed by atoms with Crippen LogP contribution in [0.5, 0.6) is 0 Å². The quantitative estimate of drug-likeness (QED) is 0.227. The molecule has 0 bridgehead atoms. The van der Waals surface area contributed by atoms with Gasteiger partial charge in [-0.05, 0) is 53.6 Å². The van der Waals surface area contributed by atoms with Gasteiger partial charge in [-0.2, -0.15) is 0 Å². The van der Waals surface area contributed by atoms with E-state index in [9.17, 15) is 0 Å². The maximum absolute atomic E-state index is 4.79. The van der Waals surface area contributed by atoms with Crippen LogP contribution in [0.4, 0.5) is 5.69 Å². The molecule has 0 aliphatic heterocycles. The fourth-order valence-corrected chi connectivity index (χ4v) is 4.12. The van der Waals surface area contributed by atoms with E-state index in [1.165, 1.54) is 0 Å². The van der Waals surface area contributed by atoms with Crippen molar-refractivity contribution in [3.8, 4) is 28.2 Å². The van der Waals surface area contributed by atoms with Crippen molar-refractivity contribution >= 4 is 27.8 Å². The molecule has 0 atom stereocenters. The third-order valence-corrected chi connectivity index (χ3v) is 5.87. The Morgan fingerprint density at radius 2 is 1.19 bits per heavy atom. The summed E-state index contributed by atoms with van der Waals surface area (Å²) in [6.45, 7) is 0. The Morgan fingerprint density at radius 1 is 0.625 bits per heavy atom. The molecule has 4 aromatic carbocycles. The summed E-state index contributed by atoms with van der Waals surface area (Å²) in [6.07, 6.45) is 1.97. The Labute approximate surface area is 196 Å². The van der Waals surface area contributed by atoms with E-state index in [1.54, 1.807) is 0 Å².